The van der Waals surface area contributed by atoms with Crippen molar-refractivity contribution in [2.24, 2.45) is 0 Å². The third-order valence-corrected chi connectivity index (χ3v) is 4.98. The van der Waals surface area contributed by atoms with Crippen molar-refractivity contribution >= 4 is 21.9 Å². The highest BCUT2D eigenvalue weighted by Crippen LogP contribution is 2.24. The Labute approximate surface area is 133 Å². The van der Waals surface area contributed by atoms with Crippen LogP contribution in [0.2, 0.25) is 0 Å². The van der Waals surface area contributed by atoms with Gasteiger partial charge in [-0.1, -0.05) is 22.0 Å². The van der Waals surface area contributed by atoms with Crippen LogP contribution in [0.1, 0.15) is 18.4 Å². The molecule has 112 valence electrons. The van der Waals surface area contributed by atoms with E-state index in [1.165, 1.54) is 5.56 Å². The van der Waals surface area contributed by atoms with Gasteiger partial charge in [-0.2, -0.15) is 4.98 Å². The molecule has 1 fully saturated rings. The number of benzene rings is 1. The van der Waals surface area contributed by atoms with Gasteiger partial charge in [0.2, 0.25) is 5.95 Å². The summed E-state index contributed by atoms with van der Waals surface area (Å²) < 4.78 is 1.11. The molecule has 0 bridgehead atoms. The maximum Gasteiger partial charge on any atom is 0.245 e. The van der Waals surface area contributed by atoms with Crippen LogP contribution in [0.25, 0.3) is 11.4 Å². The second-order valence-corrected chi connectivity index (χ2v) is 6.35. The number of H-pyrrole nitrogens is 1. The second kappa shape index (κ2) is 6.15. The minimum absolute atomic E-state index is 0.619. The molecule has 2 N–H and O–H groups in total. The molecule has 1 aliphatic rings. The number of hydrogen-bond donors (Lipinski definition) is 2. The average molecular weight is 350 g/mol. The van der Waals surface area contributed by atoms with Crippen molar-refractivity contribution in [1.29, 1.82) is 0 Å². The predicted octanol–water partition coefficient (Wildman–Crippen LogP) is 2.73. The molecule has 21 heavy (non-hydrogen) atoms. The van der Waals surface area contributed by atoms with E-state index in [0.717, 1.165) is 47.7 Å². The van der Waals surface area contributed by atoms with E-state index in [4.69, 9.17) is 0 Å². The molecule has 2 aromatic rings. The van der Waals surface area contributed by atoms with Crippen LogP contribution in [0.3, 0.4) is 0 Å². The van der Waals surface area contributed by atoms with Gasteiger partial charge in [-0.3, -0.25) is 5.10 Å². The normalized spacial score (nSPS) is 16.4. The number of hydrogen-bond acceptors (Lipinski definition) is 4. The number of halogens is 1. The molecule has 1 aromatic heterocycles. The highest BCUT2D eigenvalue weighted by atomic mass is 79.9. The van der Waals surface area contributed by atoms with Gasteiger partial charge >= 0.3 is 0 Å². The van der Waals surface area contributed by atoms with Crippen LogP contribution in [-0.4, -0.2) is 41.4 Å². The monoisotopic (exact) mass is 349 g/mol. The first-order valence-corrected chi connectivity index (χ1v) is 8.08. The smallest absolute Gasteiger partial charge is 0.245 e. The molecular formula is C15H20BrN5. The molecule has 0 aliphatic carbocycles. The van der Waals surface area contributed by atoms with E-state index < -0.39 is 0 Å². The first-order chi connectivity index (χ1) is 10.2. The fourth-order valence-electron chi connectivity index (χ4n) is 2.68. The molecule has 0 amide bonds. The molecule has 0 unspecified atom stereocenters. The van der Waals surface area contributed by atoms with E-state index in [1.54, 1.807) is 0 Å². The summed E-state index contributed by atoms with van der Waals surface area (Å²) >= 11 is 3.52. The molecule has 0 spiro atoms. The van der Waals surface area contributed by atoms with Gasteiger partial charge < -0.3 is 10.2 Å². The Morgan fingerprint density at radius 2 is 2.10 bits per heavy atom. The van der Waals surface area contributed by atoms with Gasteiger partial charge in [0.15, 0.2) is 5.82 Å². The number of aromatic amines is 1. The number of rotatable bonds is 3. The molecule has 6 heteroatoms. The van der Waals surface area contributed by atoms with Crippen molar-refractivity contribution in [1.82, 2.24) is 20.5 Å². The SMILES string of the molecule is CNC1CCN(c2n[nH]c(-c3ccc(Br)c(C)c3)n2)CC1. The maximum absolute atomic E-state index is 4.65. The first kappa shape index (κ1) is 14.5. The Hall–Kier alpha value is -1.40. The van der Waals surface area contributed by atoms with E-state index in [0.29, 0.717) is 6.04 Å². The summed E-state index contributed by atoms with van der Waals surface area (Å²) in [6.45, 7) is 4.08. The summed E-state index contributed by atoms with van der Waals surface area (Å²) in [6.07, 6.45) is 2.27. The Balaban J connectivity index is 1.76. The van der Waals surface area contributed by atoms with Crippen molar-refractivity contribution in [2.45, 2.75) is 25.8 Å². The Kier molecular flexibility index (Phi) is 4.26. The average Bonchev–Trinajstić information content (AvgIpc) is 3.00. The van der Waals surface area contributed by atoms with Crippen molar-refractivity contribution < 1.29 is 0 Å². The van der Waals surface area contributed by atoms with Crippen LogP contribution < -0.4 is 10.2 Å². The highest BCUT2D eigenvalue weighted by Gasteiger charge is 2.21. The lowest BCUT2D eigenvalue weighted by molar-refractivity contribution is 0.439. The standard InChI is InChI=1S/C15H20BrN5/c1-10-9-11(3-4-13(10)16)14-18-15(20-19-14)21-7-5-12(17-2)6-8-21/h3-4,9,12,17H,5-8H2,1-2H3,(H,18,19,20). The van der Waals surface area contributed by atoms with Crippen molar-refractivity contribution in [3.8, 4) is 11.4 Å². The zero-order chi connectivity index (χ0) is 14.8. The number of anilines is 1. The number of aromatic nitrogens is 3. The molecule has 1 saturated heterocycles. The fourth-order valence-corrected chi connectivity index (χ4v) is 2.93. The lowest BCUT2D eigenvalue weighted by atomic mass is 10.1. The van der Waals surface area contributed by atoms with Crippen LogP contribution in [-0.2, 0) is 0 Å². The Morgan fingerprint density at radius 3 is 2.76 bits per heavy atom. The summed E-state index contributed by atoms with van der Waals surface area (Å²) in [5.74, 6) is 1.64. The lowest BCUT2D eigenvalue weighted by Crippen LogP contribution is -2.41. The maximum atomic E-state index is 4.65. The van der Waals surface area contributed by atoms with Crippen LogP contribution in [0, 0.1) is 6.92 Å². The quantitative estimate of drug-likeness (QED) is 0.894. The summed E-state index contributed by atoms with van der Waals surface area (Å²) in [4.78, 5) is 6.90. The first-order valence-electron chi connectivity index (χ1n) is 7.28. The van der Waals surface area contributed by atoms with E-state index in [9.17, 15) is 0 Å². The lowest BCUT2D eigenvalue weighted by Gasteiger charge is -2.30. The van der Waals surface area contributed by atoms with Crippen LogP contribution in [0.5, 0.6) is 0 Å². The number of piperidine rings is 1. The summed E-state index contributed by atoms with van der Waals surface area (Å²) in [6, 6.07) is 6.83. The number of aryl methyl sites for hydroxylation is 1. The van der Waals surface area contributed by atoms with E-state index >= 15 is 0 Å². The molecule has 0 radical (unpaired) electrons. The molecule has 2 heterocycles. The summed E-state index contributed by atoms with van der Waals surface area (Å²) in [7, 11) is 2.03. The fraction of sp³-hybridized carbons (Fsp3) is 0.467. The topological polar surface area (TPSA) is 56.8 Å². The van der Waals surface area contributed by atoms with Gasteiger partial charge in [0.05, 0.1) is 0 Å². The van der Waals surface area contributed by atoms with Gasteiger partial charge in [-0.05, 0) is 44.5 Å². The molecule has 0 saturated carbocycles. The van der Waals surface area contributed by atoms with Crippen LogP contribution in [0.15, 0.2) is 22.7 Å². The highest BCUT2D eigenvalue weighted by molar-refractivity contribution is 9.10. The van der Waals surface area contributed by atoms with Crippen molar-refractivity contribution in [3.63, 3.8) is 0 Å². The van der Waals surface area contributed by atoms with Crippen LogP contribution >= 0.6 is 15.9 Å². The molecular weight excluding hydrogens is 330 g/mol. The number of nitrogens with one attached hydrogen (secondary N) is 2. The minimum Gasteiger partial charge on any atom is -0.339 e. The molecule has 1 aromatic carbocycles. The van der Waals surface area contributed by atoms with Gasteiger partial charge in [0.1, 0.15) is 0 Å². The largest absolute Gasteiger partial charge is 0.339 e. The van der Waals surface area contributed by atoms with Crippen molar-refractivity contribution in [3.05, 3.63) is 28.2 Å². The molecule has 0 atom stereocenters. The molecule has 3 rings (SSSR count). The third-order valence-electron chi connectivity index (χ3n) is 4.09. The van der Waals surface area contributed by atoms with Gasteiger partial charge in [-0.25, -0.2) is 0 Å². The van der Waals surface area contributed by atoms with E-state index in [-0.39, 0.29) is 0 Å². The Bertz CT molecular complexity index is 616. The molecule has 5 nitrogen and oxygen atoms in total. The summed E-state index contributed by atoms with van der Waals surface area (Å²) in [5.41, 5.74) is 2.26. The van der Waals surface area contributed by atoms with Crippen molar-refractivity contribution in [2.75, 3.05) is 25.0 Å². The van der Waals surface area contributed by atoms with Crippen LogP contribution in [0.4, 0.5) is 5.95 Å². The third kappa shape index (κ3) is 3.11. The van der Waals surface area contributed by atoms with E-state index in [1.807, 2.05) is 13.1 Å². The minimum atomic E-state index is 0.619. The summed E-state index contributed by atoms with van der Waals surface area (Å²) in [5, 5.41) is 10.8. The second-order valence-electron chi connectivity index (χ2n) is 5.50. The zero-order valence-corrected chi connectivity index (χ0v) is 13.9. The predicted molar refractivity (Wildman–Crippen MR) is 88.6 cm³/mol. The van der Waals surface area contributed by atoms with Gasteiger partial charge in [-0.15, -0.1) is 5.10 Å². The molecule has 1 aliphatic heterocycles. The number of nitrogens with zero attached hydrogens (tertiary/aromatic N) is 3. The van der Waals surface area contributed by atoms with Gasteiger partial charge in [0.25, 0.3) is 0 Å². The van der Waals surface area contributed by atoms with E-state index in [2.05, 4.69) is 60.4 Å². The zero-order valence-electron chi connectivity index (χ0n) is 12.4. The Morgan fingerprint density at radius 1 is 1.33 bits per heavy atom. The van der Waals surface area contributed by atoms with Gasteiger partial charge in [0, 0.05) is 29.2 Å².